The summed E-state index contributed by atoms with van der Waals surface area (Å²) in [5.41, 5.74) is 10.9. The SMILES string of the molecule is CCn1c2ccc(C=C3C(=O)c4ccccc4C3=O)cc2c2cc(/C(C)=N/O)ccc21.CCn1c2ccc(C=C3C(=O)c4ccccc4C3=O)cc2c2cc(/C(C)=N/OC(C)=O)ccc21. The second-order valence-corrected chi connectivity index (χ2v) is 16.0. The molecular weight excluding hydrogens is 817 g/mol. The van der Waals surface area contributed by atoms with E-state index >= 15 is 0 Å². The maximum Gasteiger partial charge on any atom is 0.331 e. The molecule has 0 saturated carbocycles. The molecule has 65 heavy (non-hydrogen) atoms. The number of rotatable bonds is 7. The zero-order chi connectivity index (χ0) is 45.7. The van der Waals surface area contributed by atoms with Crippen molar-refractivity contribution in [1.29, 1.82) is 0 Å². The molecule has 10 rings (SSSR count). The Morgan fingerprint density at radius 2 is 0.877 bits per heavy atom. The highest BCUT2D eigenvalue weighted by Crippen LogP contribution is 2.35. The van der Waals surface area contributed by atoms with E-state index in [9.17, 15) is 24.0 Å². The van der Waals surface area contributed by atoms with E-state index in [0.29, 0.717) is 33.7 Å². The first-order chi connectivity index (χ1) is 31.4. The molecule has 0 amide bonds. The van der Waals surface area contributed by atoms with Gasteiger partial charge in [-0.2, -0.15) is 0 Å². The Hall–Kier alpha value is -8.31. The molecule has 0 bridgehead atoms. The van der Waals surface area contributed by atoms with Crippen molar-refractivity contribution in [3.05, 3.63) is 177 Å². The number of hydrogen-bond acceptors (Lipinski definition) is 9. The summed E-state index contributed by atoms with van der Waals surface area (Å²) < 4.78 is 4.43. The molecule has 0 saturated heterocycles. The number of ketones is 4. The fraction of sp³-hybridized carbons (Fsp3) is 0.130. The van der Waals surface area contributed by atoms with Gasteiger partial charge in [0, 0.05) is 85.9 Å². The van der Waals surface area contributed by atoms with E-state index < -0.39 is 5.97 Å². The first-order valence-corrected chi connectivity index (χ1v) is 21.3. The van der Waals surface area contributed by atoms with Crippen LogP contribution < -0.4 is 0 Å². The second-order valence-electron chi connectivity index (χ2n) is 16.0. The Bertz CT molecular complexity index is 3450. The summed E-state index contributed by atoms with van der Waals surface area (Å²) in [6, 6.07) is 37.7. The molecule has 2 aliphatic carbocycles. The quantitative estimate of drug-likeness (QED) is 0.0419. The predicted molar refractivity (Wildman–Crippen MR) is 254 cm³/mol. The van der Waals surface area contributed by atoms with Gasteiger partial charge in [0.25, 0.3) is 0 Å². The van der Waals surface area contributed by atoms with Crippen LogP contribution in [0.2, 0.25) is 0 Å². The molecule has 2 aliphatic rings. The third-order valence-electron chi connectivity index (χ3n) is 12.1. The van der Waals surface area contributed by atoms with Crippen LogP contribution in [0.3, 0.4) is 0 Å². The summed E-state index contributed by atoms with van der Waals surface area (Å²) in [7, 11) is 0. The zero-order valence-electron chi connectivity index (χ0n) is 36.3. The van der Waals surface area contributed by atoms with E-state index in [1.807, 2.05) is 72.8 Å². The van der Waals surface area contributed by atoms with Gasteiger partial charge in [0.15, 0.2) is 23.1 Å². The molecular formula is C54H42N4O7. The van der Waals surface area contributed by atoms with Gasteiger partial charge in [-0.05, 0) is 111 Å². The number of aryl methyl sites for hydroxylation is 2. The van der Waals surface area contributed by atoms with E-state index in [-0.39, 0.29) is 34.3 Å². The van der Waals surface area contributed by atoms with Crippen molar-refractivity contribution in [2.24, 2.45) is 10.3 Å². The second kappa shape index (κ2) is 16.8. The van der Waals surface area contributed by atoms with Gasteiger partial charge in [-0.3, -0.25) is 19.2 Å². The van der Waals surface area contributed by atoms with Crippen LogP contribution in [0.1, 0.15) is 98.3 Å². The molecule has 11 nitrogen and oxygen atoms in total. The van der Waals surface area contributed by atoms with Crippen LogP contribution in [0, 0.1) is 0 Å². The molecule has 0 aliphatic heterocycles. The summed E-state index contributed by atoms with van der Waals surface area (Å²) in [6.45, 7) is 10.6. The van der Waals surface area contributed by atoms with Gasteiger partial charge in [-0.15, -0.1) is 0 Å². The number of fused-ring (bicyclic) bond motifs is 8. The average molecular weight is 859 g/mol. The Balaban J connectivity index is 0.000000165. The predicted octanol–water partition coefficient (Wildman–Crippen LogP) is 11.0. The maximum atomic E-state index is 12.8. The first-order valence-electron chi connectivity index (χ1n) is 21.3. The Labute approximate surface area is 373 Å². The highest BCUT2D eigenvalue weighted by Gasteiger charge is 2.33. The molecule has 0 atom stereocenters. The van der Waals surface area contributed by atoms with Gasteiger partial charge >= 0.3 is 5.97 Å². The van der Waals surface area contributed by atoms with Crippen molar-refractivity contribution in [3.63, 3.8) is 0 Å². The third-order valence-corrected chi connectivity index (χ3v) is 12.1. The normalized spacial score (nSPS) is 13.8. The largest absolute Gasteiger partial charge is 0.411 e. The van der Waals surface area contributed by atoms with Crippen molar-refractivity contribution < 1.29 is 34.0 Å². The van der Waals surface area contributed by atoms with Crippen molar-refractivity contribution >= 4 is 96.3 Å². The number of nitrogens with zero attached hydrogens (tertiary/aromatic N) is 4. The van der Waals surface area contributed by atoms with Gasteiger partial charge in [0.05, 0.1) is 22.6 Å². The summed E-state index contributed by atoms with van der Waals surface area (Å²) in [5, 5.41) is 20.5. The first kappa shape index (κ1) is 42.0. The van der Waals surface area contributed by atoms with Crippen LogP contribution in [0.5, 0.6) is 0 Å². The number of oxime groups is 2. The van der Waals surface area contributed by atoms with Crippen molar-refractivity contribution in [2.45, 2.75) is 47.7 Å². The smallest absolute Gasteiger partial charge is 0.331 e. The molecule has 6 aromatic carbocycles. The minimum absolute atomic E-state index is 0.185. The van der Waals surface area contributed by atoms with Crippen molar-refractivity contribution in [2.75, 3.05) is 0 Å². The van der Waals surface area contributed by atoms with E-state index in [0.717, 1.165) is 79.0 Å². The van der Waals surface area contributed by atoms with Crippen LogP contribution >= 0.6 is 0 Å². The molecule has 8 aromatic rings. The Morgan fingerprint density at radius 3 is 1.23 bits per heavy atom. The molecule has 2 aromatic heterocycles. The average Bonchev–Trinajstić information content (AvgIpc) is 3.98. The number of Topliss-reactive ketones (excluding diaryl/α,β-unsaturated/α-hetero) is 4. The summed E-state index contributed by atoms with van der Waals surface area (Å²) >= 11 is 0. The molecule has 320 valence electrons. The molecule has 0 radical (unpaired) electrons. The molecule has 1 N–H and O–H groups in total. The summed E-state index contributed by atoms with van der Waals surface area (Å²) in [6.07, 6.45) is 3.36. The lowest BCUT2D eigenvalue weighted by Gasteiger charge is -2.04. The summed E-state index contributed by atoms with van der Waals surface area (Å²) in [5.74, 6) is -1.41. The lowest BCUT2D eigenvalue weighted by atomic mass is 10.0. The molecule has 2 heterocycles. The highest BCUT2D eigenvalue weighted by atomic mass is 16.7. The van der Waals surface area contributed by atoms with Crippen LogP contribution in [-0.4, -0.2) is 54.9 Å². The molecule has 0 spiro atoms. The number of carbonyl (C=O) groups excluding carboxylic acids is 5. The fourth-order valence-electron chi connectivity index (χ4n) is 8.94. The standard InChI is InChI=1S/C28H22N2O4.C26H20N2O3/c1-4-30-25-11-9-18(14-24-27(32)20-7-5-6-8-21(20)28(24)33)13-22(25)23-15-19(10-12-26(23)30)16(2)29-34-17(3)31;1-3-28-23-10-8-16(13-22-25(29)18-6-4-5-7-19(18)26(22)30)12-20(23)21-14-17(15(2)27-31)9-11-24(21)28/h5-15H,4H2,1-3H3;4-14,31H,3H2,1-2H3/b29-16+;27-15+. The molecule has 0 unspecified atom stereocenters. The van der Waals surface area contributed by atoms with E-state index in [4.69, 9.17) is 10.0 Å². The van der Waals surface area contributed by atoms with Crippen molar-refractivity contribution in [1.82, 2.24) is 9.13 Å². The lowest BCUT2D eigenvalue weighted by molar-refractivity contribution is -0.140. The van der Waals surface area contributed by atoms with Crippen molar-refractivity contribution in [3.8, 4) is 0 Å². The minimum atomic E-state index is -0.473. The minimum Gasteiger partial charge on any atom is -0.411 e. The number of carbonyl (C=O) groups is 5. The third kappa shape index (κ3) is 7.26. The number of benzene rings is 6. The molecule has 11 heteroatoms. The summed E-state index contributed by atoms with van der Waals surface area (Å²) in [4.78, 5) is 67.1. The van der Waals surface area contributed by atoms with Crippen LogP contribution in [0.25, 0.3) is 55.8 Å². The van der Waals surface area contributed by atoms with Crippen LogP contribution in [0.15, 0.2) is 143 Å². The Kier molecular flexibility index (Phi) is 10.8. The van der Waals surface area contributed by atoms with Gasteiger partial charge in [0.2, 0.25) is 0 Å². The number of hydrogen-bond donors (Lipinski definition) is 1. The monoisotopic (exact) mass is 858 g/mol. The van der Waals surface area contributed by atoms with E-state index in [1.54, 1.807) is 74.5 Å². The lowest BCUT2D eigenvalue weighted by Crippen LogP contribution is -2.00. The zero-order valence-corrected chi connectivity index (χ0v) is 36.3. The topological polar surface area (TPSA) is 149 Å². The van der Waals surface area contributed by atoms with Gasteiger partial charge in [-0.1, -0.05) is 83.1 Å². The van der Waals surface area contributed by atoms with E-state index in [1.165, 1.54) is 6.92 Å². The van der Waals surface area contributed by atoms with Crippen LogP contribution in [-0.2, 0) is 22.7 Å². The fourth-order valence-corrected chi connectivity index (χ4v) is 8.94. The number of allylic oxidation sites excluding steroid dienone is 2. The van der Waals surface area contributed by atoms with Crippen LogP contribution in [0.4, 0.5) is 0 Å². The Morgan fingerprint density at radius 1 is 0.523 bits per heavy atom. The maximum absolute atomic E-state index is 12.8. The van der Waals surface area contributed by atoms with Gasteiger partial charge in [0.1, 0.15) is 0 Å². The van der Waals surface area contributed by atoms with Gasteiger partial charge in [-0.25, -0.2) is 4.79 Å². The number of aromatic nitrogens is 2. The van der Waals surface area contributed by atoms with Gasteiger partial charge < -0.3 is 19.2 Å². The molecule has 0 fully saturated rings. The van der Waals surface area contributed by atoms with E-state index in [2.05, 4.69) is 33.3 Å². The highest BCUT2D eigenvalue weighted by molar-refractivity contribution is 6.42.